The number of carbonyl (C=O) groups is 1. The quantitative estimate of drug-likeness (QED) is 0.554. The number of carbonyl (C=O) groups excluding carboxylic acids is 1. The molecular weight excluding hydrogens is 362 g/mol. The number of amides is 1. The molecule has 0 bridgehead atoms. The van der Waals surface area contributed by atoms with Gasteiger partial charge in [0.1, 0.15) is 5.75 Å². The van der Waals surface area contributed by atoms with E-state index in [-0.39, 0.29) is 5.91 Å². The van der Waals surface area contributed by atoms with E-state index >= 15 is 0 Å². The first-order chi connectivity index (χ1) is 14.2. The Morgan fingerprint density at radius 1 is 1.10 bits per heavy atom. The number of ether oxygens (including phenoxy) is 2. The normalized spacial score (nSPS) is 14.8. The van der Waals surface area contributed by atoms with Gasteiger partial charge in [0.05, 0.1) is 13.7 Å². The Bertz CT molecular complexity index is 767. The van der Waals surface area contributed by atoms with Crippen LogP contribution in [0.4, 0.5) is 0 Å². The van der Waals surface area contributed by atoms with Crippen molar-refractivity contribution in [3.05, 3.63) is 65.2 Å². The average molecular weight is 396 g/mol. The van der Waals surface area contributed by atoms with Gasteiger partial charge in [-0.1, -0.05) is 43.7 Å². The summed E-state index contributed by atoms with van der Waals surface area (Å²) in [6.07, 6.45) is 5.37. The zero-order chi connectivity index (χ0) is 20.5. The maximum absolute atomic E-state index is 13.0. The Hall–Kier alpha value is -2.33. The molecule has 0 atom stereocenters. The van der Waals surface area contributed by atoms with Crippen LogP contribution in [0.3, 0.4) is 0 Å². The summed E-state index contributed by atoms with van der Waals surface area (Å²) in [5.74, 6) is 1.54. The molecule has 1 saturated heterocycles. The van der Waals surface area contributed by atoms with Crippen molar-refractivity contribution in [1.82, 2.24) is 4.90 Å². The molecule has 2 aromatic rings. The van der Waals surface area contributed by atoms with Gasteiger partial charge in [0, 0.05) is 30.8 Å². The summed E-state index contributed by atoms with van der Waals surface area (Å²) in [5.41, 5.74) is 3.05. The number of hydrogen-bond acceptors (Lipinski definition) is 3. The Morgan fingerprint density at radius 3 is 2.55 bits per heavy atom. The third kappa shape index (κ3) is 6.07. The molecule has 0 unspecified atom stereocenters. The molecule has 1 fully saturated rings. The molecule has 156 valence electrons. The van der Waals surface area contributed by atoms with Gasteiger partial charge in [-0.25, -0.2) is 0 Å². The van der Waals surface area contributed by atoms with E-state index in [0.717, 1.165) is 68.7 Å². The minimum absolute atomic E-state index is 0.112. The number of hydrogen-bond donors (Lipinski definition) is 0. The molecule has 0 saturated carbocycles. The summed E-state index contributed by atoms with van der Waals surface area (Å²) in [4.78, 5) is 15.0. The first-order valence-electron chi connectivity index (χ1n) is 10.8. The van der Waals surface area contributed by atoms with Crippen molar-refractivity contribution < 1.29 is 14.3 Å². The van der Waals surface area contributed by atoms with Crippen LogP contribution < -0.4 is 4.74 Å². The van der Waals surface area contributed by atoms with Crippen LogP contribution in [-0.2, 0) is 17.8 Å². The van der Waals surface area contributed by atoms with E-state index in [2.05, 4.69) is 37.3 Å². The van der Waals surface area contributed by atoms with Crippen molar-refractivity contribution in [2.45, 2.75) is 45.6 Å². The van der Waals surface area contributed by atoms with E-state index in [1.54, 1.807) is 7.11 Å². The second kappa shape index (κ2) is 11.0. The Kier molecular flexibility index (Phi) is 8.12. The molecule has 1 heterocycles. The van der Waals surface area contributed by atoms with E-state index in [1.165, 1.54) is 5.56 Å². The van der Waals surface area contributed by atoms with Crippen LogP contribution in [0.5, 0.6) is 5.75 Å². The summed E-state index contributed by atoms with van der Waals surface area (Å²) in [7, 11) is 1.66. The highest BCUT2D eigenvalue weighted by Crippen LogP contribution is 2.25. The lowest BCUT2D eigenvalue weighted by Gasteiger charge is -2.32. The molecule has 0 spiro atoms. The zero-order valence-corrected chi connectivity index (χ0v) is 17.7. The van der Waals surface area contributed by atoms with Gasteiger partial charge in [-0.2, -0.15) is 0 Å². The lowest BCUT2D eigenvalue weighted by atomic mass is 9.90. The van der Waals surface area contributed by atoms with E-state index in [4.69, 9.17) is 9.47 Å². The number of unbranched alkanes of at least 4 members (excludes halogenated alkanes) is 1. The van der Waals surface area contributed by atoms with Crippen molar-refractivity contribution in [3.63, 3.8) is 0 Å². The number of rotatable bonds is 9. The highest BCUT2D eigenvalue weighted by Gasteiger charge is 2.24. The number of likely N-dealkylation sites (tertiary alicyclic amines) is 1. The molecule has 3 rings (SSSR count). The predicted molar refractivity (Wildman–Crippen MR) is 116 cm³/mol. The van der Waals surface area contributed by atoms with Crippen LogP contribution in [0, 0.1) is 5.92 Å². The fourth-order valence-corrected chi connectivity index (χ4v) is 3.92. The van der Waals surface area contributed by atoms with E-state index in [9.17, 15) is 4.79 Å². The largest absolute Gasteiger partial charge is 0.496 e. The molecule has 0 N–H and O–H groups in total. The summed E-state index contributed by atoms with van der Waals surface area (Å²) in [5, 5.41) is 0. The molecule has 0 aliphatic carbocycles. The zero-order valence-electron chi connectivity index (χ0n) is 17.7. The Morgan fingerprint density at radius 2 is 1.86 bits per heavy atom. The molecular formula is C25H33NO3. The van der Waals surface area contributed by atoms with Crippen molar-refractivity contribution in [1.29, 1.82) is 0 Å². The molecule has 1 amide bonds. The Labute approximate surface area is 174 Å². The molecule has 1 aliphatic rings. The number of nitrogens with zero attached hydrogens (tertiary/aromatic N) is 1. The fraction of sp³-hybridized carbons (Fsp3) is 0.480. The van der Waals surface area contributed by atoms with Gasteiger partial charge in [0.25, 0.3) is 5.91 Å². The molecule has 4 heteroatoms. The highest BCUT2D eigenvalue weighted by atomic mass is 16.5. The van der Waals surface area contributed by atoms with Crippen LogP contribution >= 0.6 is 0 Å². The smallest absolute Gasteiger partial charge is 0.253 e. The lowest BCUT2D eigenvalue weighted by molar-refractivity contribution is 0.0690. The van der Waals surface area contributed by atoms with E-state index in [1.807, 2.05) is 23.1 Å². The third-order valence-electron chi connectivity index (χ3n) is 5.70. The fourth-order valence-electron chi connectivity index (χ4n) is 3.92. The van der Waals surface area contributed by atoms with Gasteiger partial charge >= 0.3 is 0 Å². The molecule has 29 heavy (non-hydrogen) atoms. The molecule has 2 aromatic carbocycles. The highest BCUT2D eigenvalue weighted by molar-refractivity contribution is 5.94. The van der Waals surface area contributed by atoms with Crippen LogP contribution in [0.15, 0.2) is 48.5 Å². The third-order valence-corrected chi connectivity index (χ3v) is 5.70. The second-order valence-electron chi connectivity index (χ2n) is 7.86. The van der Waals surface area contributed by atoms with Crippen molar-refractivity contribution in [3.8, 4) is 5.75 Å². The van der Waals surface area contributed by atoms with Crippen LogP contribution in [0.1, 0.15) is 54.1 Å². The average Bonchev–Trinajstić information content (AvgIpc) is 2.77. The number of methoxy groups -OCH3 is 1. The first-order valence-corrected chi connectivity index (χ1v) is 10.8. The van der Waals surface area contributed by atoms with Crippen LogP contribution in [0.2, 0.25) is 0 Å². The topological polar surface area (TPSA) is 38.8 Å². The van der Waals surface area contributed by atoms with Crippen molar-refractivity contribution in [2.75, 3.05) is 26.8 Å². The van der Waals surface area contributed by atoms with Crippen LogP contribution in [-0.4, -0.2) is 37.6 Å². The minimum Gasteiger partial charge on any atom is -0.496 e. The van der Waals surface area contributed by atoms with E-state index in [0.29, 0.717) is 12.5 Å². The van der Waals surface area contributed by atoms with Gasteiger partial charge in [-0.15, -0.1) is 0 Å². The first kappa shape index (κ1) is 21.4. The van der Waals surface area contributed by atoms with Gasteiger partial charge in [-0.05, 0) is 55.4 Å². The van der Waals surface area contributed by atoms with Gasteiger partial charge in [0.15, 0.2) is 0 Å². The maximum atomic E-state index is 13.0. The summed E-state index contributed by atoms with van der Waals surface area (Å²) < 4.78 is 11.2. The van der Waals surface area contributed by atoms with Crippen LogP contribution in [0.25, 0.3) is 0 Å². The number of benzene rings is 2. The predicted octanol–water partition coefficient (Wildman–Crippen LogP) is 5.11. The SMILES string of the molecule is CCCCOCc1cc(C(=O)N2CCC(Cc3ccccc3)CC2)ccc1OC. The Balaban J connectivity index is 1.57. The summed E-state index contributed by atoms with van der Waals surface area (Å²) in [6, 6.07) is 16.3. The standard InChI is InChI=1S/C25H33NO3/c1-3-4-16-29-19-23-18-22(10-11-24(23)28-2)25(27)26-14-12-21(13-15-26)17-20-8-6-5-7-9-20/h5-11,18,21H,3-4,12-17,19H2,1-2H3. The summed E-state index contributed by atoms with van der Waals surface area (Å²) in [6.45, 7) is 5.00. The maximum Gasteiger partial charge on any atom is 0.253 e. The monoisotopic (exact) mass is 395 g/mol. The molecule has 0 aromatic heterocycles. The minimum atomic E-state index is 0.112. The van der Waals surface area contributed by atoms with E-state index < -0.39 is 0 Å². The van der Waals surface area contributed by atoms with Crippen molar-refractivity contribution in [2.24, 2.45) is 5.92 Å². The van der Waals surface area contributed by atoms with Gasteiger partial charge < -0.3 is 14.4 Å². The van der Waals surface area contributed by atoms with Crippen molar-refractivity contribution >= 4 is 5.91 Å². The summed E-state index contributed by atoms with van der Waals surface area (Å²) >= 11 is 0. The second-order valence-corrected chi connectivity index (χ2v) is 7.86. The lowest BCUT2D eigenvalue weighted by Crippen LogP contribution is -2.39. The molecule has 0 radical (unpaired) electrons. The van der Waals surface area contributed by atoms with Gasteiger partial charge in [0.2, 0.25) is 0 Å². The molecule has 4 nitrogen and oxygen atoms in total. The number of piperidine rings is 1. The van der Waals surface area contributed by atoms with Gasteiger partial charge in [-0.3, -0.25) is 4.79 Å². The molecule has 1 aliphatic heterocycles.